The van der Waals surface area contributed by atoms with Crippen molar-refractivity contribution >= 4 is 0 Å². The van der Waals surface area contributed by atoms with Crippen LogP contribution < -0.4 is 5.32 Å². The smallest absolute Gasteiger partial charge is 0.0243 e. The third kappa shape index (κ3) is 2.11. The number of hydrogen-bond acceptors (Lipinski definition) is 1. The van der Waals surface area contributed by atoms with Crippen molar-refractivity contribution in [2.45, 2.75) is 27.2 Å². The molecule has 64 valence electrons. The quantitative estimate of drug-likeness (QED) is 0.612. The van der Waals surface area contributed by atoms with Gasteiger partial charge in [-0.15, -0.1) is 6.58 Å². The van der Waals surface area contributed by atoms with Crippen LogP contribution in [0.3, 0.4) is 0 Å². The number of allylic oxidation sites excluding steroid dienone is 2. The second kappa shape index (κ2) is 4.22. The van der Waals surface area contributed by atoms with E-state index in [2.05, 4.69) is 31.8 Å². The summed E-state index contributed by atoms with van der Waals surface area (Å²) in [6, 6.07) is 0. The average molecular weight is 153 g/mol. The highest BCUT2D eigenvalue weighted by atomic mass is 14.8. The molecular weight excluding hydrogens is 134 g/mol. The Morgan fingerprint density at radius 2 is 2.18 bits per heavy atom. The molecule has 0 bridgehead atoms. The Hall–Kier alpha value is -0.720. The molecule has 0 aromatic carbocycles. The highest BCUT2D eigenvalue weighted by Crippen LogP contribution is 2.29. The first-order valence-electron chi connectivity index (χ1n) is 4.12. The van der Waals surface area contributed by atoms with Crippen LogP contribution in [-0.2, 0) is 0 Å². The first kappa shape index (κ1) is 10.3. The summed E-state index contributed by atoms with van der Waals surface area (Å²) in [6.07, 6.45) is 5.18. The summed E-state index contributed by atoms with van der Waals surface area (Å²) >= 11 is 0. The number of rotatable bonds is 4. The third-order valence-electron chi connectivity index (χ3n) is 2.36. The van der Waals surface area contributed by atoms with E-state index in [1.54, 1.807) is 0 Å². The largest absolute Gasteiger partial charge is 0.391 e. The predicted molar refractivity (Wildman–Crippen MR) is 51.4 cm³/mol. The fourth-order valence-corrected chi connectivity index (χ4v) is 1.20. The lowest BCUT2D eigenvalue weighted by atomic mass is 9.84. The van der Waals surface area contributed by atoms with Gasteiger partial charge in [0.25, 0.3) is 0 Å². The second-order valence-electron chi connectivity index (χ2n) is 2.93. The van der Waals surface area contributed by atoms with Gasteiger partial charge in [-0.1, -0.05) is 26.0 Å². The fourth-order valence-electron chi connectivity index (χ4n) is 1.20. The van der Waals surface area contributed by atoms with E-state index in [4.69, 9.17) is 0 Å². The van der Waals surface area contributed by atoms with Gasteiger partial charge in [-0.3, -0.25) is 0 Å². The van der Waals surface area contributed by atoms with E-state index in [0.717, 1.165) is 6.42 Å². The highest BCUT2D eigenvalue weighted by Gasteiger charge is 2.21. The zero-order chi connectivity index (χ0) is 8.91. The van der Waals surface area contributed by atoms with Crippen LogP contribution in [0.4, 0.5) is 0 Å². The zero-order valence-electron chi connectivity index (χ0n) is 8.07. The molecule has 1 unspecified atom stereocenters. The van der Waals surface area contributed by atoms with Crippen LogP contribution in [0.1, 0.15) is 27.2 Å². The zero-order valence-corrected chi connectivity index (χ0v) is 8.07. The van der Waals surface area contributed by atoms with Gasteiger partial charge >= 0.3 is 0 Å². The van der Waals surface area contributed by atoms with E-state index in [1.807, 2.05) is 20.0 Å². The highest BCUT2D eigenvalue weighted by molar-refractivity contribution is 5.16. The molecule has 0 saturated carbocycles. The van der Waals surface area contributed by atoms with Gasteiger partial charge in [-0.05, 0) is 13.3 Å². The summed E-state index contributed by atoms with van der Waals surface area (Å²) in [5.74, 6) is 0. The minimum atomic E-state index is 0.115. The predicted octanol–water partition coefficient (Wildman–Crippen LogP) is 2.71. The molecule has 0 rings (SSSR count). The molecular formula is C10H19N. The summed E-state index contributed by atoms with van der Waals surface area (Å²) in [4.78, 5) is 0. The van der Waals surface area contributed by atoms with Crippen molar-refractivity contribution in [2.75, 3.05) is 7.05 Å². The van der Waals surface area contributed by atoms with Gasteiger partial charge in [0.2, 0.25) is 0 Å². The third-order valence-corrected chi connectivity index (χ3v) is 2.36. The van der Waals surface area contributed by atoms with Crippen molar-refractivity contribution in [3.8, 4) is 0 Å². The van der Waals surface area contributed by atoms with Gasteiger partial charge in [-0.25, -0.2) is 0 Å². The molecule has 0 aliphatic rings. The molecule has 0 aliphatic heterocycles. The first-order chi connectivity index (χ1) is 5.14. The molecule has 1 heteroatoms. The summed E-state index contributed by atoms with van der Waals surface area (Å²) in [5, 5.41) is 3.18. The molecule has 0 fully saturated rings. The molecule has 0 radical (unpaired) electrons. The SMILES string of the molecule is C=CC(C)(CC)/C(=C\C)NC. The molecule has 1 nitrogen and oxygen atoms in total. The summed E-state index contributed by atoms with van der Waals surface area (Å²) in [6.45, 7) is 10.2. The van der Waals surface area contributed by atoms with Crippen molar-refractivity contribution in [2.24, 2.45) is 5.41 Å². The molecule has 0 amide bonds. The van der Waals surface area contributed by atoms with Gasteiger partial charge in [0.15, 0.2) is 0 Å². The van der Waals surface area contributed by atoms with E-state index >= 15 is 0 Å². The van der Waals surface area contributed by atoms with Gasteiger partial charge in [-0.2, -0.15) is 0 Å². The maximum absolute atomic E-state index is 3.84. The Kier molecular flexibility index (Phi) is 3.94. The van der Waals surface area contributed by atoms with Crippen LogP contribution in [0.15, 0.2) is 24.4 Å². The normalized spacial score (nSPS) is 17.3. The van der Waals surface area contributed by atoms with Crippen LogP contribution >= 0.6 is 0 Å². The van der Waals surface area contributed by atoms with E-state index in [9.17, 15) is 0 Å². The molecule has 1 atom stereocenters. The second-order valence-corrected chi connectivity index (χ2v) is 2.93. The standard InChI is InChI=1S/C10H19N/c1-6-9(11-5)10(4,7-2)8-3/h6-7,11H,2,8H2,1,3-5H3/b9-6+. The van der Waals surface area contributed by atoms with E-state index in [0.29, 0.717) is 0 Å². The lowest BCUT2D eigenvalue weighted by Gasteiger charge is -2.27. The fraction of sp³-hybridized carbons (Fsp3) is 0.600. The van der Waals surface area contributed by atoms with E-state index in [1.165, 1.54) is 5.70 Å². The Balaban J connectivity index is 4.60. The molecule has 1 N–H and O–H groups in total. The maximum Gasteiger partial charge on any atom is 0.0243 e. The Labute approximate surface area is 70.2 Å². The van der Waals surface area contributed by atoms with Crippen LogP contribution in [-0.4, -0.2) is 7.05 Å². The van der Waals surface area contributed by atoms with Crippen LogP contribution in [0.25, 0.3) is 0 Å². The number of hydrogen-bond donors (Lipinski definition) is 1. The minimum Gasteiger partial charge on any atom is -0.391 e. The van der Waals surface area contributed by atoms with Gasteiger partial charge in [0.05, 0.1) is 0 Å². The lowest BCUT2D eigenvalue weighted by Crippen LogP contribution is -2.24. The van der Waals surface area contributed by atoms with Crippen molar-refractivity contribution in [1.82, 2.24) is 5.32 Å². The van der Waals surface area contributed by atoms with Crippen LogP contribution in [0.2, 0.25) is 0 Å². The van der Waals surface area contributed by atoms with Crippen molar-refractivity contribution in [3.05, 3.63) is 24.4 Å². The summed E-state index contributed by atoms with van der Waals surface area (Å²) in [5.41, 5.74) is 1.36. The number of nitrogens with one attached hydrogen (secondary N) is 1. The summed E-state index contributed by atoms with van der Waals surface area (Å²) < 4.78 is 0. The molecule has 0 aromatic rings. The molecule has 11 heavy (non-hydrogen) atoms. The van der Waals surface area contributed by atoms with Crippen LogP contribution in [0, 0.1) is 5.41 Å². The van der Waals surface area contributed by atoms with Gasteiger partial charge < -0.3 is 5.32 Å². The summed E-state index contributed by atoms with van der Waals surface area (Å²) in [7, 11) is 1.95. The van der Waals surface area contributed by atoms with Crippen molar-refractivity contribution < 1.29 is 0 Å². The topological polar surface area (TPSA) is 12.0 Å². The van der Waals surface area contributed by atoms with E-state index < -0.39 is 0 Å². The van der Waals surface area contributed by atoms with Crippen molar-refractivity contribution in [3.63, 3.8) is 0 Å². The molecule has 0 aromatic heterocycles. The molecule has 0 aliphatic carbocycles. The lowest BCUT2D eigenvalue weighted by molar-refractivity contribution is 0.466. The first-order valence-corrected chi connectivity index (χ1v) is 4.12. The monoisotopic (exact) mass is 153 g/mol. The maximum atomic E-state index is 3.84. The molecule has 0 heterocycles. The Bertz CT molecular complexity index is 158. The average Bonchev–Trinajstić information content (AvgIpc) is 2.06. The van der Waals surface area contributed by atoms with Gasteiger partial charge in [0.1, 0.15) is 0 Å². The van der Waals surface area contributed by atoms with Crippen LogP contribution in [0.5, 0.6) is 0 Å². The van der Waals surface area contributed by atoms with E-state index in [-0.39, 0.29) is 5.41 Å². The van der Waals surface area contributed by atoms with Gasteiger partial charge in [0, 0.05) is 18.2 Å². The minimum absolute atomic E-state index is 0.115. The Morgan fingerprint density at radius 1 is 1.64 bits per heavy atom. The molecule has 0 saturated heterocycles. The Morgan fingerprint density at radius 3 is 2.27 bits per heavy atom. The molecule has 0 spiro atoms. The van der Waals surface area contributed by atoms with Crippen molar-refractivity contribution in [1.29, 1.82) is 0 Å².